The standard InChI is InChI=1S/C30H30F2N6O3/c1-37-13-12-25(30(31,32)17-37)19-6-9-21(10-7-19)34-29-33-15-23-26(39)24(28(40)36-41-2)16-38(27(23)35-29)22-11-8-18-4-3-5-20(18)14-22/h6-11,14-16,25H,3-5,12-13,17H2,1-2H3,(H,36,40)(H,33,34,35). The van der Waals surface area contributed by atoms with Gasteiger partial charge in [-0.1, -0.05) is 18.2 Å². The number of pyridine rings is 1. The third-order valence-electron chi connectivity index (χ3n) is 7.90. The average molecular weight is 561 g/mol. The molecular formula is C30H30F2N6O3. The largest absolute Gasteiger partial charge is 0.324 e. The van der Waals surface area contributed by atoms with Crippen LogP contribution in [0.15, 0.2) is 59.7 Å². The number of aryl methyl sites for hydroxylation is 2. The van der Waals surface area contributed by atoms with E-state index in [1.54, 1.807) is 40.8 Å². The quantitative estimate of drug-likeness (QED) is 0.338. The second-order valence-electron chi connectivity index (χ2n) is 10.7. The van der Waals surface area contributed by atoms with E-state index in [2.05, 4.69) is 32.9 Å². The summed E-state index contributed by atoms with van der Waals surface area (Å²) in [5.41, 5.74) is 6.37. The van der Waals surface area contributed by atoms with E-state index in [4.69, 9.17) is 4.84 Å². The fourth-order valence-electron chi connectivity index (χ4n) is 5.83. The minimum atomic E-state index is -2.80. The van der Waals surface area contributed by atoms with Crippen molar-refractivity contribution in [3.63, 3.8) is 0 Å². The molecule has 0 bridgehead atoms. The Bertz CT molecular complexity index is 1690. The van der Waals surface area contributed by atoms with Gasteiger partial charge in [-0.2, -0.15) is 4.98 Å². The van der Waals surface area contributed by atoms with E-state index >= 15 is 0 Å². The summed E-state index contributed by atoms with van der Waals surface area (Å²) in [7, 11) is 3.00. The third-order valence-corrected chi connectivity index (χ3v) is 7.90. The molecule has 1 amide bonds. The summed E-state index contributed by atoms with van der Waals surface area (Å²) in [6.45, 7) is 0.356. The van der Waals surface area contributed by atoms with Gasteiger partial charge in [0, 0.05) is 23.8 Å². The zero-order valence-corrected chi connectivity index (χ0v) is 22.8. The van der Waals surface area contributed by atoms with Gasteiger partial charge in [-0.3, -0.25) is 14.4 Å². The average Bonchev–Trinajstić information content (AvgIpc) is 3.42. The molecule has 2 aromatic heterocycles. The van der Waals surface area contributed by atoms with E-state index in [1.807, 2.05) is 6.07 Å². The molecule has 3 heterocycles. The van der Waals surface area contributed by atoms with Crippen LogP contribution in [0.3, 0.4) is 0 Å². The van der Waals surface area contributed by atoms with Crippen molar-refractivity contribution in [2.75, 3.05) is 32.6 Å². The first kappa shape index (κ1) is 27.0. The number of amides is 1. The predicted molar refractivity (Wildman–Crippen MR) is 151 cm³/mol. The zero-order chi connectivity index (χ0) is 28.7. The molecule has 2 aliphatic rings. The molecule has 1 fully saturated rings. The molecule has 1 aliphatic carbocycles. The fourth-order valence-corrected chi connectivity index (χ4v) is 5.83. The van der Waals surface area contributed by atoms with Crippen LogP contribution in [0.5, 0.6) is 0 Å². The molecule has 41 heavy (non-hydrogen) atoms. The van der Waals surface area contributed by atoms with E-state index in [1.165, 1.54) is 30.6 Å². The maximum absolute atomic E-state index is 14.7. The lowest BCUT2D eigenvalue weighted by atomic mass is 9.86. The minimum Gasteiger partial charge on any atom is -0.324 e. The number of rotatable bonds is 6. The van der Waals surface area contributed by atoms with Gasteiger partial charge in [0.1, 0.15) is 5.56 Å². The van der Waals surface area contributed by atoms with Crippen molar-refractivity contribution in [3.05, 3.63) is 87.3 Å². The van der Waals surface area contributed by atoms with Crippen LogP contribution in [0.1, 0.15) is 45.8 Å². The van der Waals surface area contributed by atoms with Crippen molar-refractivity contribution in [2.24, 2.45) is 0 Å². The lowest BCUT2D eigenvalue weighted by Gasteiger charge is -2.36. The Hall–Kier alpha value is -4.22. The number of nitrogens with zero attached hydrogens (tertiary/aromatic N) is 4. The van der Waals surface area contributed by atoms with Crippen molar-refractivity contribution < 1.29 is 18.4 Å². The Balaban J connectivity index is 1.36. The van der Waals surface area contributed by atoms with Gasteiger partial charge in [0.2, 0.25) is 11.4 Å². The van der Waals surface area contributed by atoms with Gasteiger partial charge in [-0.15, -0.1) is 0 Å². The number of nitrogens with one attached hydrogen (secondary N) is 2. The number of hydroxylamine groups is 1. The van der Waals surface area contributed by atoms with Crippen LogP contribution in [0.2, 0.25) is 0 Å². The van der Waals surface area contributed by atoms with Gasteiger partial charge in [0.25, 0.3) is 11.8 Å². The molecule has 2 aromatic carbocycles. The van der Waals surface area contributed by atoms with Crippen LogP contribution in [0.4, 0.5) is 20.4 Å². The number of likely N-dealkylation sites (tertiary alicyclic amines) is 1. The van der Waals surface area contributed by atoms with E-state index in [9.17, 15) is 18.4 Å². The summed E-state index contributed by atoms with van der Waals surface area (Å²) in [6.07, 6.45) is 6.29. The second kappa shape index (κ2) is 10.6. The lowest BCUT2D eigenvalue weighted by Crippen LogP contribution is -2.45. The van der Waals surface area contributed by atoms with Crippen molar-refractivity contribution in [3.8, 4) is 5.69 Å². The summed E-state index contributed by atoms with van der Waals surface area (Å²) in [6, 6.07) is 12.9. The highest BCUT2D eigenvalue weighted by Gasteiger charge is 2.44. The molecule has 6 rings (SSSR count). The first-order valence-corrected chi connectivity index (χ1v) is 13.5. The Morgan fingerprint density at radius 3 is 2.66 bits per heavy atom. The monoisotopic (exact) mass is 560 g/mol. The van der Waals surface area contributed by atoms with Gasteiger partial charge >= 0.3 is 0 Å². The van der Waals surface area contributed by atoms with Gasteiger partial charge in [0.05, 0.1) is 25.0 Å². The van der Waals surface area contributed by atoms with Crippen LogP contribution in [0, 0.1) is 0 Å². The molecule has 1 saturated heterocycles. The molecule has 1 aliphatic heterocycles. The number of piperidine rings is 1. The van der Waals surface area contributed by atoms with Crippen molar-refractivity contribution >= 4 is 28.6 Å². The number of hydrogen-bond acceptors (Lipinski definition) is 7. The Morgan fingerprint density at radius 1 is 1.12 bits per heavy atom. The van der Waals surface area contributed by atoms with E-state index < -0.39 is 23.2 Å². The summed E-state index contributed by atoms with van der Waals surface area (Å²) < 4.78 is 31.0. The number of carbonyl (C=O) groups excluding carboxylic acids is 1. The Kier molecular flexibility index (Phi) is 7.00. The molecule has 2 N–H and O–H groups in total. The normalized spacial score (nSPS) is 18.3. The first-order valence-electron chi connectivity index (χ1n) is 13.5. The number of anilines is 2. The SMILES string of the molecule is CONC(=O)c1cn(-c2ccc3c(c2)CCC3)c2nc(Nc3ccc(C4CCN(C)CC4(F)F)cc3)ncc2c1=O. The Morgan fingerprint density at radius 2 is 1.90 bits per heavy atom. The summed E-state index contributed by atoms with van der Waals surface area (Å²) in [5.74, 6) is -4.09. The van der Waals surface area contributed by atoms with Crippen LogP contribution < -0.4 is 16.2 Å². The van der Waals surface area contributed by atoms with E-state index in [0.29, 0.717) is 29.9 Å². The number of aromatic nitrogens is 3. The van der Waals surface area contributed by atoms with Crippen molar-refractivity contribution in [1.82, 2.24) is 24.9 Å². The highest BCUT2D eigenvalue weighted by Crippen LogP contribution is 2.40. The van der Waals surface area contributed by atoms with Crippen LogP contribution in [-0.2, 0) is 17.7 Å². The maximum atomic E-state index is 14.7. The summed E-state index contributed by atoms with van der Waals surface area (Å²) in [5, 5.41) is 3.29. The van der Waals surface area contributed by atoms with Crippen LogP contribution >= 0.6 is 0 Å². The molecule has 0 spiro atoms. The highest BCUT2D eigenvalue weighted by atomic mass is 19.3. The highest BCUT2D eigenvalue weighted by molar-refractivity contribution is 5.96. The van der Waals surface area contributed by atoms with Gasteiger partial charge < -0.3 is 14.8 Å². The molecule has 4 aromatic rings. The van der Waals surface area contributed by atoms with Gasteiger partial charge in [0.15, 0.2) is 5.65 Å². The summed E-state index contributed by atoms with van der Waals surface area (Å²) >= 11 is 0. The van der Waals surface area contributed by atoms with Crippen molar-refractivity contribution in [1.29, 1.82) is 0 Å². The molecule has 0 radical (unpaired) electrons. The summed E-state index contributed by atoms with van der Waals surface area (Å²) in [4.78, 5) is 41.2. The molecular weight excluding hydrogens is 530 g/mol. The van der Waals surface area contributed by atoms with Crippen molar-refractivity contribution in [2.45, 2.75) is 37.5 Å². The molecule has 11 heteroatoms. The molecule has 1 atom stereocenters. The third kappa shape index (κ3) is 5.18. The topological polar surface area (TPSA) is 101 Å². The lowest BCUT2D eigenvalue weighted by molar-refractivity contribution is -0.0765. The second-order valence-corrected chi connectivity index (χ2v) is 10.7. The van der Waals surface area contributed by atoms with Gasteiger partial charge in [-0.25, -0.2) is 19.2 Å². The van der Waals surface area contributed by atoms with Crippen LogP contribution in [-0.4, -0.2) is 58.5 Å². The van der Waals surface area contributed by atoms with Gasteiger partial charge in [-0.05, 0) is 80.2 Å². The number of carbonyl (C=O) groups is 1. The zero-order valence-electron chi connectivity index (χ0n) is 22.8. The predicted octanol–water partition coefficient (Wildman–Crippen LogP) is 4.36. The molecule has 212 valence electrons. The van der Waals surface area contributed by atoms with E-state index in [0.717, 1.165) is 24.9 Å². The fraction of sp³-hybridized carbons (Fsp3) is 0.333. The smallest absolute Gasteiger partial charge is 0.280 e. The number of halogens is 2. The first-order chi connectivity index (χ1) is 19.7. The number of fused-ring (bicyclic) bond motifs is 2. The van der Waals surface area contributed by atoms with E-state index in [-0.39, 0.29) is 23.4 Å². The Labute approximate surface area is 235 Å². The number of hydrogen-bond donors (Lipinski definition) is 2. The van der Waals surface area contributed by atoms with Crippen LogP contribution in [0.25, 0.3) is 16.7 Å². The minimum absolute atomic E-state index is 0.106. The molecule has 1 unspecified atom stereocenters. The maximum Gasteiger partial charge on any atom is 0.280 e. The molecule has 0 saturated carbocycles. The number of alkyl halides is 2. The molecule has 9 nitrogen and oxygen atoms in total. The number of benzene rings is 2.